The molecule has 0 radical (unpaired) electrons. The quantitative estimate of drug-likeness (QED) is 0.0222. The first-order valence-corrected chi connectivity index (χ1v) is 46.6. The van der Waals surface area contributed by atoms with Gasteiger partial charge in [0.05, 0.1) is 26.4 Å². The van der Waals surface area contributed by atoms with E-state index in [0.717, 1.165) is 96.3 Å². The summed E-state index contributed by atoms with van der Waals surface area (Å²) >= 11 is 0. The number of phosphoric acid groups is 2. The molecule has 0 aliphatic rings. The molecule has 0 aromatic heterocycles. The Morgan fingerprint density at radius 2 is 0.447 bits per heavy atom. The summed E-state index contributed by atoms with van der Waals surface area (Å²) in [5.41, 5.74) is 0. The van der Waals surface area contributed by atoms with Crippen molar-refractivity contribution in [2.45, 2.75) is 470 Å². The minimum atomic E-state index is -4.96. The van der Waals surface area contributed by atoms with E-state index in [-0.39, 0.29) is 25.7 Å². The third-order valence-corrected chi connectivity index (χ3v) is 21.7. The molecule has 612 valence electrons. The summed E-state index contributed by atoms with van der Waals surface area (Å²) < 4.78 is 68.8. The van der Waals surface area contributed by atoms with Crippen LogP contribution in [0.2, 0.25) is 0 Å². The van der Waals surface area contributed by atoms with Gasteiger partial charge in [0.1, 0.15) is 19.3 Å². The van der Waals surface area contributed by atoms with Gasteiger partial charge in [-0.15, -0.1) is 0 Å². The van der Waals surface area contributed by atoms with Gasteiger partial charge in [0.2, 0.25) is 0 Å². The SMILES string of the molecule is CCCCCCCCCCCCCCCCCCCCCC(=O)OC[C@H](COP(=O)(O)OC[C@@H](O)COP(=O)(O)OC[C@@H](COC(=O)CCCCCCCCC(C)C)OC(=O)CCCCCCCCCCCCCCCCCC)OC(=O)CCCCCCCCCCCCCCCCCCCCC. The number of rotatable bonds is 84. The summed E-state index contributed by atoms with van der Waals surface area (Å²) in [6.45, 7) is 7.27. The number of ether oxygens (including phenoxy) is 4. The van der Waals surface area contributed by atoms with Crippen LogP contribution in [0.25, 0.3) is 0 Å². The Morgan fingerprint density at radius 3 is 0.660 bits per heavy atom. The summed E-state index contributed by atoms with van der Waals surface area (Å²) in [6, 6.07) is 0. The molecule has 0 aliphatic carbocycles. The molecule has 0 aliphatic heterocycles. The molecule has 0 heterocycles. The predicted molar refractivity (Wildman–Crippen MR) is 423 cm³/mol. The monoisotopic (exact) mass is 1510 g/mol. The van der Waals surface area contributed by atoms with E-state index in [0.29, 0.717) is 31.6 Å². The Kier molecular flexibility index (Phi) is 75.4. The van der Waals surface area contributed by atoms with Crippen molar-refractivity contribution < 1.29 is 80.2 Å². The van der Waals surface area contributed by atoms with E-state index in [1.807, 2.05) is 0 Å². The maximum absolute atomic E-state index is 13.1. The zero-order valence-electron chi connectivity index (χ0n) is 67.5. The van der Waals surface area contributed by atoms with Crippen molar-refractivity contribution in [3.05, 3.63) is 0 Å². The molecule has 0 fully saturated rings. The van der Waals surface area contributed by atoms with Crippen LogP contribution >= 0.6 is 15.6 Å². The first-order valence-electron chi connectivity index (χ1n) is 43.6. The Morgan fingerprint density at radius 1 is 0.262 bits per heavy atom. The van der Waals surface area contributed by atoms with Crippen LogP contribution in [0.4, 0.5) is 0 Å². The zero-order chi connectivity index (χ0) is 75.5. The van der Waals surface area contributed by atoms with Gasteiger partial charge in [0.15, 0.2) is 12.2 Å². The van der Waals surface area contributed by atoms with Gasteiger partial charge in [-0.1, -0.05) is 401 Å². The summed E-state index contributed by atoms with van der Waals surface area (Å²) in [4.78, 5) is 73.1. The maximum atomic E-state index is 13.1. The van der Waals surface area contributed by atoms with Gasteiger partial charge in [-0.25, -0.2) is 9.13 Å². The standard InChI is InChI=1S/C84H164O17P2/c1-6-9-12-15-18-21-24-27-30-33-35-37-40-42-45-48-51-57-62-67-81(86)94-73-79(100-83(88)69-65-60-53-50-47-44-41-38-36-34-31-28-25-22-19-16-13-10-7-2)75-98-102(90,91)96-71-78(85)72-97-103(92,93)99-76-80(74-95-82(87)68-63-58-55-54-56-61-66-77(4)5)101-84(89)70-64-59-52-49-46-43-39-32-29-26-23-20-17-14-11-8-3/h77-80,85H,6-76H2,1-5H3,(H,90,91)(H,92,93)/t78-,79-,80-/m1/s1. The number of esters is 4. The Labute approximate surface area is 632 Å². The lowest BCUT2D eigenvalue weighted by atomic mass is 10.0. The lowest BCUT2D eigenvalue weighted by Gasteiger charge is -2.21. The normalized spacial score (nSPS) is 13.8. The van der Waals surface area contributed by atoms with Crippen LogP contribution in [-0.4, -0.2) is 96.7 Å². The Bertz CT molecular complexity index is 1960. The molecule has 5 atom stereocenters. The van der Waals surface area contributed by atoms with Gasteiger partial charge in [0.25, 0.3) is 0 Å². The van der Waals surface area contributed by atoms with Crippen molar-refractivity contribution in [2.24, 2.45) is 5.92 Å². The lowest BCUT2D eigenvalue weighted by Crippen LogP contribution is -2.30. The van der Waals surface area contributed by atoms with Crippen molar-refractivity contribution in [1.82, 2.24) is 0 Å². The van der Waals surface area contributed by atoms with Crippen molar-refractivity contribution in [3.8, 4) is 0 Å². The predicted octanol–water partition coefficient (Wildman–Crippen LogP) is 25.6. The fourth-order valence-electron chi connectivity index (χ4n) is 13.1. The number of aliphatic hydroxyl groups excluding tert-OH is 1. The van der Waals surface area contributed by atoms with Gasteiger partial charge in [-0.2, -0.15) is 0 Å². The van der Waals surface area contributed by atoms with Crippen LogP contribution in [0.1, 0.15) is 452 Å². The number of hydrogen-bond donors (Lipinski definition) is 3. The second kappa shape index (κ2) is 76.8. The first kappa shape index (κ1) is 101. The molecule has 103 heavy (non-hydrogen) atoms. The zero-order valence-corrected chi connectivity index (χ0v) is 69.3. The van der Waals surface area contributed by atoms with Gasteiger partial charge >= 0.3 is 39.5 Å². The van der Waals surface area contributed by atoms with E-state index in [9.17, 15) is 43.2 Å². The molecule has 0 aromatic carbocycles. The summed E-state index contributed by atoms with van der Waals surface area (Å²) in [5, 5.41) is 10.7. The van der Waals surface area contributed by atoms with E-state index >= 15 is 0 Å². The Hall–Kier alpha value is -1.94. The van der Waals surface area contributed by atoms with Gasteiger partial charge in [-0.05, 0) is 31.6 Å². The molecule has 3 N–H and O–H groups in total. The highest BCUT2D eigenvalue weighted by atomic mass is 31.2. The van der Waals surface area contributed by atoms with Gasteiger partial charge in [-0.3, -0.25) is 37.3 Å². The number of carbonyl (C=O) groups is 4. The fourth-order valence-corrected chi connectivity index (χ4v) is 14.7. The molecule has 0 saturated carbocycles. The van der Waals surface area contributed by atoms with E-state index in [2.05, 4.69) is 34.6 Å². The van der Waals surface area contributed by atoms with Gasteiger partial charge < -0.3 is 33.8 Å². The summed E-state index contributed by atoms with van der Waals surface area (Å²) in [7, 11) is -9.92. The molecule has 0 saturated heterocycles. The van der Waals surface area contributed by atoms with Crippen LogP contribution in [0.15, 0.2) is 0 Å². The van der Waals surface area contributed by atoms with Crippen molar-refractivity contribution in [3.63, 3.8) is 0 Å². The average Bonchev–Trinajstić information content (AvgIpc) is 0.954. The molecule has 0 spiro atoms. The molecular weight excluding hydrogens is 1340 g/mol. The first-order chi connectivity index (χ1) is 50.0. The van der Waals surface area contributed by atoms with E-state index in [1.165, 1.54) is 270 Å². The molecule has 19 heteroatoms. The molecule has 0 rings (SSSR count). The third-order valence-electron chi connectivity index (χ3n) is 19.8. The summed E-state index contributed by atoms with van der Waals surface area (Å²) in [6.07, 6.45) is 69.6. The van der Waals surface area contributed by atoms with E-state index in [1.54, 1.807) is 0 Å². The molecule has 0 amide bonds. The number of unbranched alkanes of at least 4 members (excludes halogenated alkanes) is 56. The summed E-state index contributed by atoms with van der Waals surface area (Å²) in [5.74, 6) is -1.42. The van der Waals surface area contributed by atoms with E-state index < -0.39 is 97.5 Å². The molecular formula is C84H164O17P2. The topological polar surface area (TPSA) is 237 Å². The smallest absolute Gasteiger partial charge is 0.462 e. The number of hydrogen-bond acceptors (Lipinski definition) is 15. The highest BCUT2D eigenvalue weighted by Gasteiger charge is 2.30. The number of carbonyl (C=O) groups excluding carboxylic acids is 4. The maximum Gasteiger partial charge on any atom is 0.472 e. The molecule has 0 aromatic rings. The van der Waals surface area contributed by atoms with Crippen molar-refractivity contribution >= 4 is 39.5 Å². The van der Waals surface area contributed by atoms with Crippen LogP contribution in [-0.2, 0) is 65.4 Å². The number of aliphatic hydroxyl groups is 1. The molecule has 0 bridgehead atoms. The van der Waals surface area contributed by atoms with Crippen LogP contribution < -0.4 is 0 Å². The van der Waals surface area contributed by atoms with Gasteiger partial charge in [0, 0.05) is 25.7 Å². The lowest BCUT2D eigenvalue weighted by molar-refractivity contribution is -0.161. The van der Waals surface area contributed by atoms with Crippen LogP contribution in [0.5, 0.6) is 0 Å². The average molecular weight is 1510 g/mol. The molecule has 2 unspecified atom stereocenters. The number of phosphoric ester groups is 2. The van der Waals surface area contributed by atoms with Crippen molar-refractivity contribution in [2.75, 3.05) is 39.6 Å². The van der Waals surface area contributed by atoms with Crippen LogP contribution in [0, 0.1) is 5.92 Å². The largest absolute Gasteiger partial charge is 0.472 e. The third kappa shape index (κ3) is 78.0. The molecule has 17 nitrogen and oxygen atoms in total. The van der Waals surface area contributed by atoms with Crippen LogP contribution in [0.3, 0.4) is 0 Å². The highest BCUT2D eigenvalue weighted by molar-refractivity contribution is 7.47. The minimum Gasteiger partial charge on any atom is -0.462 e. The van der Waals surface area contributed by atoms with E-state index in [4.69, 9.17) is 37.0 Å². The Balaban J connectivity index is 5.21. The van der Waals surface area contributed by atoms with Crippen molar-refractivity contribution in [1.29, 1.82) is 0 Å². The second-order valence-electron chi connectivity index (χ2n) is 30.7. The second-order valence-corrected chi connectivity index (χ2v) is 33.6. The fraction of sp³-hybridized carbons (Fsp3) is 0.952. The highest BCUT2D eigenvalue weighted by Crippen LogP contribution is 2.45. The minimum absolute atomic E-state index is 0.108.